The average molecular weight is 213 g/mol. The Balaban J connectivity index is 2.00. The lowest BCUT2D eigenvalue weighted by atomic mass is 10.2. The number of carbonyl (C=O) groups is 1. The van der Waals surface area contributed by atoms with E-state index in [1.807, 2.05) is 6.07 Å². The number of nitriles is 1. The van der Waals surface area contributed by atoms with Crippen LogP contribution < -0.4 is 5.32 Å². The van der Waals surface area contributed by atoms with Crippen LogP contribution in [0.4, 0.5) is 0 Å². The minimum Gasteiger partial charge on any atom is -0.347 e. The molecule has 0 unspecified atom stereocenters. The molecule has 4 nitrogen and oxygen atoms in total. The number of aromatic nitrogens is 1. The van der Waals surface area contributed by atoms with Crippen molar-refractivity contribution in [3.05, 3.63) is 41.7 Å². The molecule has 0 saturated heterocycles. The fraction of sp³-hybridized carbons (Fsp3) is 0.250. The molecule has 1 aliphatic carbocycles. The van der Waals surface area contributed by atoms with Gasteiger partial charge in [-0.05, 0) is 25.0 Å². The highest BCUT2D eigenvalue weighted by Gasteiger charge is 2.15. The highest BCUT2D eigenvalue weighted by Crippen LogP contribution is 2.10. The van der Waals surface area contributed by atoms with Gasteiger partial charge in [-0.2, -0.15) is 5.26 Å². The normalized spacial score (nSPS) is 14.7. The molecule has 1 amide bonds. The quantitative estimate of drug-likeness (QED) is 0.755. The molecule has 0 aromatic carbocycles. The topological polar surface area (TPSA) is 65.8 Å². The number of pyridine rings is 1. The number of hydrogen-bond acceptors (Lipinski definition) is 3. The zero-order valence-electron chi connectivity index (χ0n) is 8.68. The predicted molar refractivity (Wildman–Crippen MR) is 58.6 cm³/mol. The maximum absolute atomic E-state index is 11.7. The lowest BCUT2D eigenvalue weighted by molar-refractivity contribution is 0.0934. The minimum absolute atomic E-state index is 0.182. The van der Waals surface area contributed by atoms with E-state index in [-0.39, 0.29) is 11.9 Å². The molecule has 4 heteroatoms. The van der Waals surface area contributed by atoms with E-state index in [2.05, 4.69) is 22.5 Å². The van der Waals surface area contributed by atoms with Crippen LogP contribution in [0.3, 0.4) is 0 Å². The highest BCUT2D eigenvalue weighted by atomic mass is 16.1. The largest absolute Gasteiger partial charge is 0.347 e. The van der Waals surface area contributed by atoms with Crippen molar-refractivity contribution in [2.75, 3.05) is 0 Å². The van der Waals surface area contributed by atoms with Crippen LogP contribution in [0.25, 0.3) is 0 Å². The Bertz CT molecular complexity index is 448. The number of amides is 1. The molecule has 0 radical (unpaired) electrons. The van der Waals surface area contributed by atoms with E-state index in [1.54, 1.807) is 12.1 Å². The van der Waals surface area contributed by atoms with Crippen molar-refractivity contribution in [3.8, 4) is 6.07 Å². The van der Waals surface area contributed by atoms with Gasteiger partial charge in [0.2, 0.25) is 0 Å². The zero-order valence-corrected chi connectivity index (χ0v) is 8.68. The third kappa shape index (κ3) is 2.26. The van der Waals surface area contributed by atoms with Crippen molar-refractivity contribution in [3.63, 3.8) is 0 Å². The van der Waals surface area contributed by atoms with Crippen LogP contribution >= 0.6 is 0 Å². The van der Waals surface area contributed by atoms with Crippen molar-refractivity contribution in [2.24, 2.45) is 0 Å². The van der Waals surface area contributed by atoms with Crippen LogP contribution in [0.2, 0.25) is 0 Å². The standard InChI is InChI=1S/C12H11N3O/c13-7-9-5-6-11(14-8-9)12(16)15-10-3-1-2-4-10/h1-2,5-6,8,10H,3-4H2,(H,15,16). The molecule has 2 rings (SSSR count). The third-order valence-electron chi connectivity index (χ3n) is 2.47. The van der Waals surface area contributed by atoms with E-state index in [0.29, 0.717) is 11.3 Å². The number of nitrogens with zero attached hydrogens (tertiary/aromatic N) is 2. The summed E-state index contributed by atoms with van der Waals surface area (Å²) >= 11 is 0. The zero-order chi connectivity index (χ0) is 11.4. The second-order valence-corrected chi connectivity index (χ2v) is 3.66. The molecule has 1 aromatic heterocycles. The first-order valence-electron chi connectivity index (χ1n) is 5.11. The SMILES string of the molecule is N#Cc1ccc(C(=O)NC2CC=CC2)nc1. The molecule has 1 N–H and O–H groups in total. The monoisotopic (exact) mass is 213 g/mol. The molecule has 0 bridgehead atoms. The molecule has 1 aliphatic rings. The van der Waals surface area contributed by atoms with E-state index >= 15 is 0 Å². The Labute approximate surface area is 93.6 Å². The summed E-state index contributed by atoms with van der Waals surface area (Å²) in [5.74, 6) is -0.182. The van der Waals surface area contributed by atoms with Gasteiger partial charge in [-0.3, -0.25) is 4.79 Å². The summed E-state index contributed by atoms with van der Waals surface area (Å²) in [5, 5.41) is 11.5. The molecule has 0 fully saturated rings. The van der Waals surface area contributed by atoms with Crippen LogP contribution in [-0.4, -0.2) is 16.9 Å². The van der Waals surface area contributed by atoms with E-state index in [0.717, 1.165) is 12.8 Å². The highest BCUT2D eigenvalue weighted by molar-refractivity contribution is 5.92. The van der Waals surface area contributed by atoms with Crippen molar-refractivity contribution in [2.45, 2.75) is 18.9 Å². The molecule has 0 saturated carbocycles. The first-order valence-corrected chi connectivity index (χ1v) is 5.11. The smallest absolute Gasteiger partial charge is 0.270 e. The van der Waals surface area contributed by atoms with E-state index in [9.17, 15) is 4.79 Å². The Kier molecular flexibility index (Phi) is 2.97. The fourth-order valence-electron chi connectivity index (χ4n) is 1.59. The Morgan fingerprint density at radius 3 is 2.75 bits per heavy atom. The van der Waals surface area contributed by atoms with Gasteiger partial charge >= 0.3 is 0 Å². The average Bonchev–Trinajstić information content (AvgIpc) is 2.82. The van der Waals surface area contributed by atoms with Gasteiger partial charge in [-0.25, -0.2) is 4.98 Å². The van der Waals surface area contributed by atoms with Gasteiger partial charge in [-0.15, -0.1) is 0 Å². The third-order valence-corrected chi connectivity index (χ3v) is 2.47. The summed E-state index contributed by atoms with van der Waals surface area (Å²) in [6, 6.07) is 5.30. The van der Waals surface area contributed by atoms with Gasteiger partial charge < -0.3 is 5.32 Å². The molecular weight excluding hydrogens is 202 g/mol. The van der Waals surface area contributed by atoms with Crippen molar-refractivity contribution in [1.82, 2.24) is 10.3 Å². The first-order chi connectivity index (χ1) is 7.79. The summed E-state index contributed by atoms with van der Waals surface area (Å²) < 4.78 is 0. The molecule has 0 aliphatic heterocycles. The van der Waals surface area contributed by atoms with Crippen LogP contribution in [0.1, 0.15) is 28.9 Å². The van der Waals surface area contributed by atoms with Crippen molar-refractivity contribution < 1.29 is 4.79 Å². The molecule has 80 valence electrons. The molecule has 1 heterocycles. The van der Waals surface area contributed by atoms with Crippen LogP contribution in [0.15, 0.2) is 30.5 Å². The van der Waals surface area contributed by atoms with E-state index in [4.69, 9.17) is 5.26 Å². The number of rotatable bonds is 2. The van der Waals surface area contributed by atoms with Crippen LogP contribution in [0, 0.1) is 11.3 Å². The molecule has 16 heavy (non-hydrogen) atoms. The molecule has 0 atom stereocenters. The first kappa shape index (κ1) is 10.4. The van der Waals surface area contributed by atoms with E-state index in [1.165, 1.54) is 6.20 Å². The second-order valence-electron chi connectivity index (χ2n) is 3.66. The van der Waals surface area contributed by atoms with Gasteiger partial charge in [-0.1, -0.05) is 12.2 Å². The summed E-state index contributed by atoms with van der Waals surface area (Å²) in [5.41, 5.74) is 0.810. The molecule has 0 spiro atoms. The van der Waals surface area contributed by atoms with Gasteiger partial charge in [0.05, 0.1) is 5.56 Å². The Hall–Kier alpha value is -2.15. The maximum atomic E-state index is 11.7. The molecule has 1 aromatic rings. The number of carbonyl (C=O) groups excluding carboxylic acids is 1. The lowest BCUT2D eigenvalue weighted by Crippen LogP contribution is -2.33. The fourth-order valence-corrected chi connectivity index (χ4v) is 1.59. The predicted octanol–water partition coefficient (Wildman–Crippen LogP) is 1.40. The lowest BCUT2D eigenvalue weighted by Gasteiger charge is -2.11. The van der Waals surface area contributed by atoms with Crippen molar-refractivity contribution >= 4 is 5.91 Å². The van der Waals surface area contributed by atoms with Crippen LogP contribution in [-0.2, 0) is 0 Å². The second kappa shape index (κ2) is 4.58. The van der Waals surface area contributed by atoms with Gasteiger partial charge in [0.15, 0.2) is 0 Å². The minimum atomic E-state index is -0.182. The summed E-state index contributed by atoms with van der Waals surface area (Å²) in [7, 11) is 0. The Morgan fingerprint density at radius 2 is 2.19 bits per heavy atom. The molecular formula is C12H11N3O. The summed E-state index contributed by atoms with van der Waals surface area (Å²) in [4.78, 5) is 15.7. The summed E-state index contributed by atoms with van der Waals surface area (Å²) in [6.45, 7) is 0. The van der Waals surface area contributed by atoms with Gasteiger partial charge in [0.1, 0.15) is 11.8 Å². The van der Waals surface area contributed by atoms with E-state index < -0.39 is 0 Å². The van der Waals surface area contributed by atoms with Crippen molar-refractivity contribution in [1.29, 1.82) is 5.26 Å². The summed E-state index contributed by atoms with van der Waals surface area (Å²) in [6.07, 6.45) is 7.26. The van der Waals surface area contributed by atoms with Crippen LogP contribution in [0.5, 0.6) is 0 Å². The number of hydrogen-bond donors (Lipinski definition) is 1. The Morgan fingerprint density at radius 1 is 1.44 bits per heavy atom. The van der Waals surface area contributed by atoms with Gasteiger partial charge in [0.25, 0.3) is 5.91 Å². The number of nitrogens with one attached hydrogen (secondary N) is 1. The maximum Gasteiger partial charge on any atom is 0.270 e. The van der Waals surface area contributed by atoms with Gasteiger partial charge in [0, 0.05) is 12.2 Å².